The molecular weight excluding hydrogens is 520 g/mol. The number of ketones is 1. The van der Waals surface area contributed by atoms with Crippen LogP contribution in [0.5, 0.6) is 0 Å². The molecule has 9 nitrogen and oxygen atoms in total. The minimum atomic E-state index is -1.95. The summed E-state index contributed by atoms with van der Waals surface area (Å²) in [7, 11) is 0. The van der Waals surface area contributed by atoms with Gasteiger partial charge in [-0.1, -0.05) is 40.5 Å². The summed E-state index contributed by atoms with van der Waals surface area (Å²) < 4.78 is 11.0. The standard InChI is InChI=1S/C29H44N2O7S/c1-8-37-27(35)31-22-11-9-10-17(2)14-19(4)25(33)28(6,7)13-12-23(32)38-24(26(34)29(22,31)36)18(3)15-21-16-39-20(5)30-21/h15-17,19,22,24,26,34,36H,8-14H2,1-7H3. The normalized spacial score (nSPS) is 32.8. The Kier molecular flexibility index (Phi) is 9.99. The number of thiazole rings is 1. The fraction of sp³-hybridized carbons (Fsp3) is 0.724. The Balaban J connectivity index is 1.98. The molecule has 218 valence electrons. The van der Waals surface area contributed by atoms with Crippen molar-refractivity contribution in [2.75, 3.05) is 6.61 Å². The van der Waals surface area contributed by atoms with Gasteiger partial charge in [-0.3, -0.25) is 14.5 Å². The predicted molar refractivity (Wildman–Crippen MR) is 149 cm³/mol. The van der Waals surface area contributed by atoms with Crippen LogP contribution in [0.3, 0.4) is 0 Å². The molecule has 0 saturated carbocycles. The average Bonchev–Trinajstić information content (AvgIpc) is 3.25. The largest absolute Gasteiger partial charge is 0.455 e. The van der Waals surface area contributed by atoms with E-state index in [0.717, 1.165) is 16.3 Å². The Hall–Kier alpha value is -2.30. The number of aromatic nitrogens is 1. The van der Waals surface area contributed by atoms with Crippen molar-refractivity contribution >= 4 is 35.3 Å². The average molecular weight is 565 g/mol. The summed E-state index contributed by atoms with van der Waals surface area (Å²) in [5.74, 6) is -0.386. The van der Waals surface area contributed by atoms with Crippen molar-refractivity contribution in [1.29, 1.82) is 0 Å². The molecule has 1 aromatic heterocycles. The smallest absolute Gasteiger partial charge is 0.412 e. The molecule has 39 heavy (non-hydrogen) atoms. The number of carbonyl (C=O) groups excluding carboxylic acids is 3. The molecule has 2 N–H and O–H groups in total. The highest BCUT2D eigenvalue weighted by Crippen LogP contribution is 2.47. The van der Waals surface area contributed by atoms with Crippen LogP contribution < -0.4 is 0 Å². The van der Waals surface area contributed by atoms with Gasteiger partial charge in [0.1, 0.15) is 11.9 Å². The van der Waals surface area contributed by atoms with Crippen molar-refractivity contribution < 1.29 is 34.1 Å². The number of esters is 1. The van der Waals surface area contributed by atoms with E-state index in [2.05, 4.69) is 11.9 Å². The van der Waals surface area contributed by atoms with Crippen molar-refractivity contribution in [2.24, 2.45) is 17.3 Å². The van der Waals surface area contributed by atoms with Gasteiger partial charge in [0.2, 0.25) is 0 Å². The molecule has 1 amide bonds. The second-order valence-electron chi connectivity index (χ2n) is 11.8. The zero-order valence-corrected chi connectivity index (χ0v) is 25.0. The number of amides is 1. The van der Waals surface area contributed by atoms with Crippen LogP contribution in [-0.2, 0) is 19.1 Å². The number of Topliss-reactive ketones (excluding diaryl/α,β-unsaturated/α-hetero) is 1. The lowest BCUT2D eigenvalue weighted by molar-refractivity contribution is -0.160. The van der Waals surface area contributed by atoms with Gasteiger partial charge in [-0.25, -0.2) is 9.78 Å². The zero-order valence-electron chi connectivity index (χ0n) is 24.2. The molecule has 0 bridgehead atoms. The molecule has 6 unspecified atom stereocenters. The lowest BCUT2D eigenvalue weighted by Gasteiger charge is -2.30. The van der Waals surface area contributed by atoms with Gasteiger partial charge in [-0.2, -0.15) is 0 Å². The number of aliphatic hydroxyl groups is 2. The molecule has 0 radical (unpaired) electrons. The Labute approximate surface area is 235 Å². The molecule has 2 aliphatic heterocycles. The van der Waals surface area contributed by atoms with Crippen LogP contribution in [0.15, 0.2) is 11.0 Å². The van der Waals surface area contributed by atoms with Crippen LogP contribution >= 0.6 is 11.3 Å². The fourth-order valence-corrected chi connectivity index (χ4v) is 6.36. The second kappa shape index (κ2) is 12.5. The minimum absolute atomic E-state index is 0.0310. The van der Waals surface area contributed by atoms with E-state index in [-0.39, 0.29) is 30.6 Å². The maximum absolute atomic E-state index is 13.2. The van der Waals surface area contributed by atoms with Crippen molar-refractivity contribution in [3.63, 3.8) is 0 Å². The monoisotopic (exact) mass is 564 g/mol. The molecule has 3 rings (SSSR count). The Morgan fingerprint density at radius 2 is 2.00 bits per heavy atom. The highest BCUT2D eigenvalue weighted by atomic mass is 32.1. The first-order valence-corrected chi connectivity index (χ1v) is 14.8. The van der Waals surface area contributed by atoms with Crippen molar-refractivity contribution in [3.05, 3.63) is 21.7 Å². The number of cyclic esters (lactones) is 1. The first-order chi connectivity index (χ1) is 18.2. The van der Waals surface area contributed by atoms with Crippen LogP contribution in [0.25, 0.3) is 6.08 Å². The molecule has 6 atom stereocenters. The molecule has 2 fully saturated rings. The van der Waals surface area contributed by atoms with Gasteiger partial charge in [-0.05, 0) is 57.6 Å². The van der Waals surface area contributed by atoms with Gasteiger partial charge in [0.25, 0.3) is 0 Å². The second-order valence-corrected chi connectivity index (χ2v) is 12.9. The topological polar surface area (TPSA) is 126 Å². The summed E-state index contributed by atoms with van der Waals surface area (Å²) in [4.78, 5) is 44.7. The third-order valence-corrected chi connectivity index (χ3v) is 8.82. The van der Waals surface area contributed by atoms with E-state index in [4.69, 9.17) is 9.47 Å². The lowest BCUT2D eigenvalue weighted by atomic mass is 9.75. The maximum Gasteiger partial charge on any atom is 0.412 e. The number of ether oxygens (including phenoxy) is 2. The van der Waals surface area contributed by atoms with Gasteiger partial charge < -0.3 is 19.7 Å². The summed E-state index contributed by atoms with van der Waals surface area (Å²) in [6.45, 7) is 13.1. The van der Waals surface area contributed by atoms with E-state index in [1.807, 2.05) is 33.1 Å². The molecule has 2 aliphatic rings. The fourth-order valence-electron chi connectivity index (χ4n) is 5.79. The number of fused-ring (bicyclic) bond motifs is 1. The number of aliphatic hydroxyl groups excluding tert-OH is 1. The first-order valence-electron chi connectivity index (χ1n) is 13.9. The van der Waals surface area contributed by atoms with Crippen molar-refractivity contribution in [1.82, 2.24) is 9.88 Å². The number of carbonyl (C=O) groups is 3. The van der Waals surface area contributed by atoms with Crippen molar-refractivity contribution in [2.45, 2.75) is 111 Å². The molecule has 3 heterocycles. The number of hydrogen-bond donors (Lipinski definition) is 2. The minimum Gasteiger partial charge on any atom is -0.455 e. The molecule has 0 aromatic carbocycles. The number of hydrogen-bond acceptors (Lipinski definition) is 9. The molecule has 2 saturated heterocycles. The number of rotatable bonds is 3. The van der Waals surface area contributed by atoms with Gasteiger partial charge in [0.05, 0.1) is 23.4 Å². The third-order valence-electron chi connectivity index (χ3n) is 8.03. The first kappa shape index (κ1) is 31.2. The third kappa shape index (κ3) is 7.08. The van der Waals surface area contributed by atoms with E-state index >= 15 is 0 Å². The molecule has 10 heteroatoms. The quantitative estimate of drug-likeness (QED) is 0.393. The molecular formula is C29H44N2O7S. The van der Waals surface area contributed by atoms with Gasteiger partial charge >= 0.3 is 12.1 Å². The number of aryl methyl sites for hydroxylation is 1. The zero-order chi connectivity index (χ0) is 29.1. The highest BCUT2D eigenvalue weighted by molar-refractivity contribution is 7.09. The summed E-state index contributed by atoms with van der Waals surface area (Å²) in [5, 5.41) is 25.9. The van der Waals surface area contributed by atoms with Crippen LogP contribution in [0.2, 0.25) is 0 Å². The molecule has 0 spiro atoms. The van der Waals surface area contributed by atoms with E-state index in [1.165, 1.54) is 11.3 Å². The van der Waals surface area contributed by atoms with E-state index in [0.29, 0.717) is 37.0 Å². The Bertz CT molecular complexity index is 1080. The molecule has 0 aliphatic carbocycles. The highest BCUT2D eigenvalue weighted by Gasteiger charge is 2.71. The van der Waals surface area contributed by atoms with Crippen LogP contribution in [0.4, 0.5) is 4.79 Å². The van der Waals surface area contributed by atoms with E-state index in [9.17, 15) is 24.6 Å². The number of nitrogens with zero attached hydrogens (tertiary/aromatic N) is 2. The van der Waals surface area contributed by atoms with Gasteiger partial charge in [-0.15, -0.1) is 11.3 Å². The Morgan fingerprint density at radius 3 is 2.62 bits per heavy atom. The van der Waals surface area contributed by atoms with E-state index in [1.54, 1.807) is 19.9 Å². The van der Waals surface area contributed by atoms with E-state index < -0.39 is 41.5 Å². The summed E-state index contributed by atoms with van der Waals surface area (Å²) in [6, 6.07) is -0.694. The van der Waals surface area contributed by atoms with Gasteiger partial charge in [0, 0.05) is 23.1 Å². The Morgan fingerprint density at radius 1 is 1.31 bits per heavy atom. The predicted octanol–water partition coefficient (Wildman–Crippen LogP) is 4.88. The van der Waals surface area contributed by atoms with Crippen molar-refractivity contribution in [3.8, 4) is 0 Å². The van der Waals surface area contributed by atoms with Crippen LogP contribution in [0, 0.1) is 24.2 Å². The SMILES string of the molecule is CCOC(=O)N1C2CCCC(C)CC(C)C(=O)C(C)(C)CCC(=O)OC(C(C)=Cc3csc(C)n3)C(O)C21O. The maximum atomic E-state index is 13.2. The van der Waals surface area contributed by atoms with Crippen LogP contribution in [0.1, 0.15) is 90.8 Å². The van der Waals surface area contributed by atoms with Gasteiger partial charge in [0.15, 0.2) is 11.8 Å². The summed E-state index contributed by atoms with van der Waals surface area (Å²) >= 11 is 1.46. The van der Waals surface area contributed by atoms with Crippen LogP contribution in [-0.4, -0.2) is 68.5 Å². The molecule has 1 aromatic rings. The summed E-state index contributed by atoms with van der Waals surface area (Å²) in [6.07, 6.45) is 1.01. The lowest BCUT2D eigenvalue weighted by Crippen LogP contribution is -2.47. The summed E-state index contributed by atoms with van der Waals surface area (Å²) in [5.41, 5.74) is -1.55.